The van der Waals surface area contributed by atoms with Gasteiger partial charge in [0.05, 0.1) is 16.2 Å². The molecule has 1 amide bonds. The Hall–Kier alpha value is -2.54. The number of rotatable bonds is 3. The number of carbonyl (C=O) groups excluding carboxylic acids is 1. The van der Waals surface area contributed by atoms with Gasteiger partial charge in [0.2, 0.25) is 0 Å². The van der Waals surface area contributed by atoms with Gasteiger partial charge in [0.15, 0.2) is 5.17 Å². The van der Waals surface area contributed by atoms with Crippen LogP contribution in [0.5, 0.6) is 0 Å². The molecule has 1 heterocycles. The molecule has 1 fully saturated rings. The lowest BCUT2D eigenvalue weighted by atomic mass is 10.1. The highest BCUT2D eigenvalue weighted by Crippen LogP contribution is 2.37. The predicted octanol–water partition coefficient (Wildman–Crippen LogP) is 5.16. The van der Waals surface area contributed by atoms with Crippen molar-refractivity contribution in [2.24, 2.45) is 4.99 Å². The zero-order valence-corrected chi connectivity index (χ0v) is 14.6. The molecule has 1 aliphatic rings. The second-order valence-electron chi connectivity index (χ2n) is 5.59. The van der Waals surface area contributed by atoms with Crippen molar-refractivity contribution in [2.75, 3.05) is 0 Å². The number of thioether (sulfide) groups is 1. The number of nitrogens with zero attached hydrogens (tertiary/aromatic N) is 1. The summed E-state index contributed by atoms with van der Waals surface area (Å²) in [5.41, 5.74) is 0.963. The fourth-order valence-corrected chi connectivity index (χ4v) is 3.24. The Balaban J connectivity index is 1.86. The molecule has 2 aromatic rings. The van der Waals surface area contributed by atoms with E-state index in [1.165, 1.54) is 23.8 Å². The van der Waals surface area contributed by atoms with Crippen LogP contribution in [0.15, 0.2) is 58.4 Å². The third-order valence-electron chi connectivity index (χ3n) is 3.77. The summed E-state index contributed by atoms with van der Waals surface area (Å²) in [5, 5.41) is 2.64. The molecule has 0 spiro atoms. The molecule has 26 heavy (non-hydrogen) atoms. The van der Waals surface area contributed by atoms with E-state index >= 15 is 0 Å². The molecule has 1 N–H and O–H groups in total. The van der Waals surface area contributed by atoms with Crippen molar-refractivity contribution >= 4 is 34.6 Å². The first-order valence-electron chi connectivity index (χ1n) is 7.91. The van der Waals surface area contributed by atoms with Gasteiger partial charge in [-0.25, -0.2) is 4.99 Å². The van der Waals surface area contributed by atoms with Crippen molar-refractivity contribution in [3.8, 4) is 0 Å². The van der Waals surface area contributed by atoms with E-state index in [1.807, 2.05) is 24.3 Å². The molecule has 3 rings (SSSR count). The molecule has 2 aromatic carbocycles. The molecule has 0 atom stereocenters. The number of alkyl halides is 3. The normalized spacial score (nSPS) is 17.8. The van der Waals surface area contributed by atoms with Crippen molar-refractivity contribution in [3.63, 3.8) is 0 Å². The molecule has 1 aliphatic heterocycles. The SMILES string of the molecule is CCc1ccc(/C=C2\SC(=Nc3ccccc3C(F)(F)F)NC2=O)cc1. The van der Waals surface area contributed by atoms with E-state index in [4.69, 9.17) is 0 Å². The third kappa shape index (κ3) is 4.16. The van der Waals surface area contributed by atoms with Gasteiger partial charge in [-0.05, 0) is 47.5 Å². The largest absolute Gasteiger partial charge is 0.418 e. The van der Waals surface area contributed by atoms with Crippen LogP contribution in [0.1, 0.15) is 23.6 Å². The maximum atomic E-state index is 13.1. The van der Waals surface area contributed by atoms with Crippen molar-refractivity contribution in [1.29, 1.82) is 0 Å². The summed E-state index contributed by atoms with van der Waals surface area (Å²) >= 11 is 1.02. The summed E-state index contributed by atoms with van der Waals surface area (Å²) in [5.74, 6) is -0.377. The number of benzene rings is 2. The van der Waals surface area contributed by atoms with E-state index in [9.17, 15) is 18.0 Å². The third-order valence-corrected chi connectivity index (χ3v) is 4.68. The van der Waals surface area contributed by atoms with Crippen molar-refractivity contribution in [3.05, 3.63) is 70.1 Å². The van der Waals surface area contributed by atoms with Crippen LogP contribution in [0, 0.1) is 0 Å². The fraction of sp³-hybridized carbons (Fsp3) is 0.158. The quantitative estimate of drug-likeness (QED) is 0.752. The second kappa shape index (κ2) is 7.37. The first kappa shape index (κ1) is 18.3. The number of para-hydroxylation sites is 1. The molecule has 0 aliphatic carbocycles. The average Bonchev–Trinajstić information content (AvgIpc) is 2.94. The lowest BCUT2D eigenvalue weighted by Crippen LogP contribution is -2.19. The molecule has 0 unspecified atom stereocenters. The Labute approximate surface area is 153 Å². The van der Waals surface area contributed by atoms with Gasteiger partial charge in [0.1, 0.15) is 0 Å². The highest BCUT2D eigenvalue weighted by molar-refractivity contribution is 8.18. The van der Waals surface area contributed by atoms with E-state index < -0.39 is 11.7 Å². The number of amides is 1. The summed E-state index contributed by atoms with van der Waals surface area (Å²) in [6, 6.07) is 12.7. The van der Waals surface area contributed by atoms with Crippen molar-refractivity contribution in [2.45, 2.75) is 19.5 Å². The summed E-state index contributed by atoms with van der Waals surface area (Å²) < 4.78 is 39.2. The molecule has 0 bridgehead atoms. The van der Waals surface area contributed by atoms with Gasteiger partial charge >= 0.3 is 6.18 Å². The number of hydrogen-bond acceptors (Lipinski definition) is 3. The van der Waals surface area contributed by atoms with E-state index in [0.29, 0.717) is 4.91 Å². The van der Waals surface area contributed by atoms with Crippen molar-refractivity contribution in [1.82, 2.24) is 5.32 Å². The molecule has 0 radical (unpaired) electrons. The Kier molecular flexibility index (Phi) is 5.18. The number of halogens is 3. The highest BCUT2D eigenvalue weighted by atomic mass is 32.2. The van der Waals surface area contributed by atoms with Crippen LogP contribution in [0.25, 0.3) is 6.08 Å². The van der Waals surface area contributed by atoms with E-state index in [2.05, 4.69) is 17.2 Å². The molecule has 7 heteroatoms. The molecule has 3 nitrogen and oxygen atoms in total. The van der Waals surface area contributed by atoms with Crippen LogP contribution in [0.3, 0.4) is 0 Å². The first-order valence-corrected chi connectivity index (χ1v) is 8.73. The van der Waals surface area contributed by atoms with Crippen LogP contribution >= 0.6 is 11.8 Å². The van der Waals surface area contributed by atoms with Crippen LogP contribution in [-0.4, -0.2) is 11.1 Å². The maximum Gasteiger partial charge on any atom is 0.418 e. The number of amidine groups is 1. The maximum absolute atomic E-state index is 13.1. The number of nitrogens with one attached hydrogen (secondary N) is 1. The van der Waals surface area contributed by atoms with Crippen LogP contribution < -0.4 is 5.32 Å². The van der Waals surface area contributed by atoms with Gasteiger partial charge < -0.3 is 5.32 Å². The van der Waals surface area contributed by atoms with Crippen LogP contribution in [-0.2, 0) is 17.4 Å². The monoisotopic (exact) mass is 376 g/mol. The minimum atomic E-state index is -4.51. The number of carbonyl (C=O) groups is 1. The summed E-state index contributed by atoms with van der Waals surface area (Å²) in [7, 11) is 0. The molecular formula is C19H15F3N2OS. The van der Waals surface area contributed by atoms with Gasteiger partial charge in [-0.2, -0.15) is 13.2 Å². The Morgan fingerprint density at radius 1 is 1.12 bits per heavy atom. The topological polar surface area (TPSA) is 41.5 Å². The Bertz CT molecular complexity index is 886. The fourth-order valence-electron chi connectivity index (χ4n) is 2.40. The van der Waals surface area contributed by atoms with Crippen molar-refractivity contribution < 1.29 is 18.0 Å². The van der Waals surface area contributed by atoms with Gasteiger partial charge in [0.25, 0.3) is 5.91 Å². The minimum Gasteiger partial charge on any atom is -0.300 e. The number of hydrogen-bond donors (Lipinski definition) is 1. The van der Waals surface area contributed by atoms with Gasteiger partial charge in [-0.1, -0.05) is 43.3 Å². The second-order valence-corrected chi connectivity index (χ2v) is 6.62. The first-order chi connectivity index (χ1) is 12.4. The molecule has 134 valence electrons. The molecular weight excluding hydrogens is 361 g/mol. The van der Waals surface area contributed by atoms with E-state index in [1.54, 1.807) is 6.08 Å². The van der Waals surface area contributed by atoms with E-state index in [0.717, 1.165) is 29.8 Å². The standard InChI is InChI=1S/C19H15F3N2OS/c1-2-12-7-9-13(10-8-12)11-16-17(25)24-18(26-16)23-15-6-4-3-5-14(15)19(20,21)22/h3-11H,2H2,1H3,(H,23,24,25)/b16-11-. The Morgan fingerprint density at radius 2 is 1.81 bits per heavy atom. The summed E-state index contributed by atoms with van der Waals surface area (Å²) in [6.07, 6.45) is -1.90. The smallest absolute Gasteiger partial charge is 0.300 e. The number of aliphatic imine (C=N–C) groups is 1. The van der Waals surface area contributed by atoms with Gasteiger partial charge in [-0.3, -0.25) is 4.79 Å². The molecule has 0 saturated carbocycles. The highest BCUT2D eigenvalue weighted by Gasteiger charge is 2.34. The Morgan fingerprint density at radius 3 is 2.46 bits per heavy atom. The van der Waals surface area contributed by atoms with Gasteiger partial charge in [0, 0.05) is 0 Å². The van der Waals surface area contributed by atoms with E-state index in [-0.39, 0.29) is 16.8 Å². The van der Waals surface area contributed by atoms with Crippen LogP contribution in [0.4, 0.5) is 18.9 Å². The zero-order chi connectivity index (χ0) is 18.7. The minimum absolute atomic E-state index is 0.128. The number of aryl methyl sites for hydroxylation is 1. The predicted molar refractivity (Wildman–Crippen MR) is 98.1 cm³/mol. The zero-order valence-electron chi connectivity index (χ0n) is 13.8. The molecule has 0 aromatic heterocycles. The lowest BCUT2D eigenvalue weighted by Gasteiger charge is -2.09. The lowest BCUT2D eigenvalue weighted by molar-refractivity contribution is -0.137. The van der Waals surface area contributed by atoms with Gasteiger partial charge in [-0.15, -0.1) is 0 Å². The average molecular weight is 376 g/mol. The molecule has 1 saturated heterocycles. The van der Waals surface area contributed by atoms with Crippen LogP contribution in [0.2, 0.25) is 0 Å². The summed E-state index contributed by atoms with van der Waals surface area (Å²) in [6.45, 7) is 2.05. The summed E-state index contributed by atoms with van der Waals surface area (Å²) in [4.78, 5) is 16.4.